The van der Waals surface area contributed by atoms with Crippen LogP contribution in [0.1, 0.15) is 10.4 Å². The molecule has 0 saturated carbocycles. The van der Waals surface area contributed by atoms with Gasteiger partial charge >= 0.3 is 5.97 Å². The van der Waals surface area contributed by atoms with Crippen LogP contribution in [0.25, 0.3) is 0 Å². The van der Waals surface area contributed by atoms with Gasteiger partial charge in [0.1, 0.15) is 6.79 Å². The Morgan fingerprint density at radius 2 is 2.00 bits per heavy atom. The van der Waals surface area contributed by atoms with E-state index < -0.39 is 12.8 Å². The van der Waals surface area contributed by atoms with Crippen molar-refractivity contribution in [1.29, 1.82) is 0 Å². The van der Waals surface area contributed by atoms with Gasteiger partial charge in [-0.25, -0.2) is 4.79 Å². The zero-order valence-corrected chi connectivity index (χ0v) is 6.97. The summed E-state index contributed by atoms with van der Waals surface area (Å²) < 4.78 is 9.09. The summed E-state index contributed by atoms with van der Waals surface area (Å²) in [6, 6.07) is 8.57. The van der Waals surface area contributed by atoms with Gasteiger partial charge in [-0.1, -0.05) is 18.2 Å². The minimum absolute atomic E-state index is 0.232. The van der Waals surface area contributed by atoms with E-state index in [2.05, 4.69) is 9.47 Å². The molecule has 0 spiro atoms. The summed E-state index contributed by atoms with van der Waals surface area (Å²) in [4.78, 5) is 11.1. The fraction of sp³-hybridized carbons (Fsp3) is 0.222. The molecule has 4 nitrogen and oxygen atoms in total. The van der Waals surface area contributed by atoms with E-state index in [9.17, 15) is 4.79 Å². The van der Waals surface area contributed by atoms with Gasteiger partial charge in [0.15, 0.2) is 6.79 Å². The maximum atomic E-state index is 11.1. The van der Waals surface area contributed by atoms with E-state index in [1.165, 1.54) is 0 Å². The second-order valence-corrected chi connectivity index (χ2v) is 2.25. The van der Waals surface area contributed by atoms with Crippen molar-refractivity contribution < 1.29 is 19.4 Å². The smallest absolute Gasteiger partial charge is 0.340 e. The van der Waals surface area contributed by atoms with E-state index in [0.717, 1.165) is 0 Å². The molecule has 0 amide bonds. The third-order valence-electron chi connectivity index (χ3n) is 1.37. The molecule has 0 bridgehead atoms. The van der Waals surface area contributed by atoms with Crippen LogP contribution in [0.2, 0.25) is 0 Å². The third kappa shape index (κ3) is 3.23. The summed E-state index contributed by atoms with van der Waals surface area (Å²) in [5.74, 6) is -0.464. The van der Waals surface area contributed by atoms with Gasteiger partial charge in [-0.15, -0.1) is 0 Å². The molecule has 1 aromatic carbocycles. The number of aliphatic hydroxyl groups is 1. The highest BCUT2D eigenvalue weighted by Gasteiger charge is 2.04. The second-order valence-electron chi connectivity index (χ2n) is 2.25. The van der Waals surface area contributed by atoms with E-state index >= 15 is 0 Å². The summed E-state index contributed by atoms with van der Waals surface area (Å²) in [5.41, 5.74) is 0.462. The minimum Gasteiger partial charge on any atom is -0.435 e. The molecule has 4 heteroatoms. The Hall–Kier alpha value is -1.39. The van der Waals surface area contributed by atoms with Crippen LogP contribution in [0.5, 0.6) is 0 Å². The zero-order valence-electron chi connectivity index (χ0n) is 6.97. The summed E-state index contributed by atoms with van der Waals surface area (Å²) in [5, 5.41) is 8.24. The SMILES string of the molecule is O=C(OCOCO)c1ccccc1. The van der Waals surface area contributed by atoms with E-state index in [1.54, 1.807) is 30.3 Å². The first kappa shape index (κ1) is 9.70. The molecule has 13 heavy (non-hydrogen) atoms. The average Bonchev–Trinajstić information content (AvgIpc) is 2.19. The van der Waals surface area contributed by atoms with Crippen LogP contribution >= 0.6 is 0 Å². The Bertz CT molecular complexity index is 258. The van der Waals surface area contributed by atoms with Crippen molar-refractivity contribution in [3.8, 4) is 0 Å². The standard InChI is InChI=1S/C9H10O4/c10-6-12-7-13-9(11)8-4-2-1-3-5-8/h1-5,10H,6-7H2. The molecule has 0 atom stereocenters. The molecule has 0 saturated heterocycles. The van der Waals surface area contributed by atoms with Gasteiger partial charge in [-0.2, -0.15) is 0 Å². The van der Waals surface area contributed by atoms with Crippen molar-refractivity contribution in [2.75, 3.05) is 13.6 Å². The van der Waals surface area contributed by atoms with E-state index in [1.807, 2.05) is 0 Å². The monoisotopic (exact) mass is 182 g/mol. The van der Waals surface area contributed by atoms with Gasteiger partial charge in [-0.05, 0) is 12.1 Å². The van der Waals surface area contributed by atoms with Gasteiger partial charge < -0.3 is 14.6 Å². The number of carbonyl (C=O) groups excluding carboxylic acids is 1. The molecule has 0 radical (unpaired) electrons. The van der Waals surface area contributed by atoms with Crippen molar-refractivity contribution in [2.24, 2.45) is 0 Å². The quantitative estimate of drug-likeness (QED) is 0.424. The average molecular weight is 182 g/mol. The molecule has 1 N–H and O–H groups in total. The molecule has 0 fully saturated rings. The fourth-order valence-electron chi connectivity index (χ4n) is 0.790. The van der Waals surface area contributed by atoms with E-state index in [-0.39, 0.29) is 6.79 Å². The maximum Gasteiger partial charge on any atom is 0.340 e. The van der Waals surface area contributed by atoms with Crippen LogP contribution in [0.4, 0.5) is 0 Å². The number of carbonyl (C=O) groups is 1. The predicted molar refractivity (Wildman–Crippen MR) is 44.9 cm³/mol. The topological polar surface area (TPSA) is 55.8 Å². The van der Waals surface area contributed by atoms with Crippen molar-refractivity contribution in [2.45, 2.75) is 0 Å². The normalized spacial score (nSPS) is 9.62. The minimum atomic E-state index is -0.464. The number of ether oxygens (including phenoxy) is 2. The molecule has 1 aromatic rings. The Morgan fingerprint density at radius 3 is 2.62 bits per heavy atom. The fourth-order valence-corrected chi connectivity index (χ4v) is 0.790. The van der Waals surface area contributed by atoms with E-state index in [0.29, 0.717) is 5.56 Å². The maximum absolute atomic E-state index is 11.1. The summed E-state index contributed by atoms with van der Waals surface area (Å²) in [6.45, 7) is -0.688. The molecule has 0 aromatic heterocycles. The summed E-state index contributed by atoms with van der Waals surface area (Å²) in [7, 11) is 0. The van der Waals surface area contributed by atoms with Crippen LogP contribution in [-0.4, -0.2) is 24.7 Å². The molecular weight excluding hydrogens is 172 g/mol. The molecular formula is C9H10O4. The summed E-state index contributed by atoms with van der Waals surface area (Å²) >= 11 is 0. The number of benzene rings is 1. The number of hydrogen-bond acceptors (Lipinski definition) is 4. The highest BCUT2D eigenvalue weighted by Crippen LogP contribution is 2.00. The van der Waals surface area contributed by atoms with Crippen LogP contribution in [0.15, 0.2) is 30.3 Å². The molecule has 0 aliphatic heterocycles. The second kappa shape index (κ2) is 5.29. The van der Waals surface area contributed by atoms with Crippen molar-refractivity contribution in [3.63, 3.8) is 0 Å². The molecule has 0 unspecified atom stereocenters. The largest absolute Gasteiger partial charge is 0.435 e. The third-order valence-corrected chi connectivity index (χ3v) is 1.37. The van der Waals surface area contributed by atoms with Crippen molar-refractivity contribution >= 4 is 5.97 Å². The number of hydrogen-bond donors (Lipinski definition) is 1. The van der Waals surface area contributed by atoms with Gasteiger partial charge in [-0.3, -0.25) is 0 Å². The first-order valence-corrected chi connectivity index (χ1v) is 3.75. The van der Waals surface area contributed by atoms with Gasteiger partial charge in [0.2, 0.25) is 0 Å². The molecule has 70 valence electrons. The van der Waals surface area contributed by atoms with Gasteiger partial charge in [0.05, 0.1) is 5.56 Å². The van der Waals surface area contributed by atoms with Crippen molar-refractivity contribution in [3.05, 3.63) is 35.9 Å². The molecule has 0 aliphatic carbocycles. The lowest BCUT2D eigenvalue weighted by molar-refractivity contribution is -0.0859. The first-order valence-electron chi connectivity index (χ1n) is 3.75. The van der Waals surface area contributed by atoms with Crippen LogP contribution < -0.4 is 0 Å². The van der Waals surface area contributed by atoms with E-state index in [4.69, 9.17) is 5.11 Å². The lowest BCUT2D eigenvalue weighted by atomic mass is 10.2. The number of esters is 1. The Labute approximate surface area is 75.7 Å². The Kier molecular flexibility index (Phi) is 3.95. The van der Waals surface area contributed by atoms with Crippen LogP contribution in [0, 0.1) is 0 Å². The molecule has 0 heterocycles. The first-order chi connectivity index (χ1) is 6.34. The lowest BCUT2D eigenvalue weighted by Crippen LogP contribution is -2.08. The predicted octanol–water partition coefficient (Wildman–Crippen LogP) is 0.767. The van der Waals surface area contributed by atoms with Crippen LogP contribution in [0.3, 0.4) is 0 Å². The van der Waals surface area contributed by atoms with Gasteiger partial charge in [0, 0.05) is 0 Å². The summed E-state index contributed by atoms with van der Waals surface area (Å²) in [6.07, 6.45) is 0. The van der Waals surface area contributed by atoms with Crippen molar-refractivity contribution in [1.82, 2.24) is 0 Å². The van der Waals surface area contributed by atoms with Crippen LogP contribution in [-0.2, 0) is 9.47 Å². The lowest BCUT2D eigenvalue weighted by Gasteiger charge is -2.02. The Balaban J connectivity index is 2.40. The zero-order chi connectivity index (χ0) is 9.52. The highest BCUT2D eigenvalue weighted by atomic mass is 16.7. The molecule has 0 aliphatic rings. The number of rotatable bonds is 4. The highest BCUT2D eigenvalue weighted by molar-refractivity contribution is 5.89. The number of aliphatic hydroxyl groups excluding tert-OH is 1. The molecule has 1 rings (SSSR count). The van der Waals surface area contributed by atoms with Gasteiger partial charge in [0.25, 0.3) is 0 Å². The Morgan fingerprint density at radius 1 is 1.31 bits per heavy atom.